The number of anilines is 1. The molecule has 0 bridgehead atoms. The van der Waals surface area contributed by atoms with Crippen LogP contribution < -0.4 is 10.6 Å². The summed E-state index contributed by atoms with van der Waals surface area (Å²) in [6, 6.07) is 8.58. The predicted octanol–water partition coefficient (Wildman–Crippen LogP) is 2.74. The van der Waals surface area contributed by atoms with E-state index in [4.69, 9.17) is 0 Å². The van der Waals surface area contributed by atoms with Gasteiger partial charge >= 0.3 is 0 Å². The van der Waals surface area contributed by atoms with Crippen molar-refractivity contribution in [1.82, 2.24) is 20.5 Å². The van der Waals surface area contributed by atoms with Gasteiger partial charge < -0.3 is 10.6 Å². The van der Waals surface area contributed by atoms with Gasteiger partial charge in [0.2, 0.25) is 0 Å². The fourth-order valence-corrected chi connectivity index (χ4v) is 2.27. The lowest BCUT2D eigenvalue weighted by Gasteiger charge is -2.11. The highest BCUT2D eigenvalue weighted by molar-refractivity contribution is 6.05. The van der Waals surface area contributed by atoms with Crippen molar-refractivity contribution < 1.29 is 9.59 Å². The van der Waals surface area contributed by atoms with Gasteiger partial charge in [-0.1, -0.05) is 6.92 Å². The summed E-state index contributed by atoms with van der Waals surface area (Å²) >= 11 is 0. The SMILES string of the molecule is CCC(C)NC(=O)c1ccc(NC(=O)c2cnc3cn[nH]c3c2)cc1. The molecule has 3 rings (SSSR count). The summed E-state index contributed by atoms with van der Waals surface area (Å²) in [6.45, 7) is 3.97. The number of benzene rings is 1. The Kier molecular flexibility index (Phi) is 4.74. The number of rotatable bonds is 5. The van der Waals surface area contributed by atoms with E-state index >= 15 is 0 Å². The van der Waals surface area contributed by atoms with Gasteiger partial charge in [-0.05, 0) is 43.7 Å². The van der Waals surface area contributed by atoms with Crippen molar-refractivity contribution in [3.63, 3.8) is 0 Å². The molecule has 0 aliphatic heterocycles. The summed E-state index contributed by atoms with van der Waals surface area (Å²) in [5, 5.41) is 12.4. The number of carbonyl (C=O) groups is 2. The van der Waals surface area contributed by atoms with Crippen LogP contribution >= 0.6 is 0 Å². The van der Waals surface area contributed by atoms with Crippen LogP contribution in [0, 0.1) is 0 Å². The van der Waals surface area contributed by atoms with Crippen molar-refractivity contribution in [3.8, 4) is 0 Å². The van der Waals surface area contributed by atoms with Crippen LogP contribution in [0.2, 0.25) is 0 Å². The van der Waals surface area contributed by atoms with Gasteiger partial charge in [-0.3, -0.25) is 19.7 Å². The highest BCUT2D eigenvalue weighted by atomic mass is 16.2. The highest BCUT2D eigenvalue weighted by Gasteiger charge is 2.11. The predicted molar refractivity (Wildman–Crippen MR) is 95.5 cm³/mol. The molecule has 0 saturated heterocycles. The van der Waals surface area contributed by atoms with Crippen molar-refractivity contribution in [3.05, 3.63) is 53.9 Å². The van der Waals surface area contributed by atoms with Gasteiger partial charge in [-0.2, -0.15) is 5.10 Å². The number of carbonyl (C=O) groups excluding carboxylic acids is 2. The monoisotopic (exact) mass is 337 g/mol. The number of H-pyrrole nitrogens is 1. The fraction of sp³-hybridized carbons (Fsp3) is 0.222. The quantitative estimate of drug-likeness (QED) is 0.666. The lowest BCUT2D eigenvalue weighted by atomic mass is 10.1. The minimum absolute atomic E-state index is 0.122. The summed E-state index contributed by atoms with van der Waals surface area (Å²) in [6.07, 6.45) is 3.97. The van der Waals surface area contributed by atoms with E-state index in [0.717, 1.165) is 6.42 Å². The van der Waals surface area contributed by atoms with Crippen LogP contribution in [0.1, 0.15) is 41.0 Å². The number of nitrogens with zero attached hydrogens (tertiary/aromatic N) is 2. The van der Waals surface area contributed by atoms with Gasteiger partial charge in [0, 0.05) is 23.5 Å². The molecule has 3 aromatic rings. The fourth-order valence-electron chi connectivity index (χ4n) is 2.27. The molecule has 0 aliphatic rings. The molecule has 0 radical (unpaired) electrons. The number of fused-ring (bicyclic) bond motifs is 1. The minimum atomic E-state index is -0.277. The summed E-state index contributed by atoms with van der Waals surface area (Å²) < 4.78 is 0. The van der Waals surface area contributed by atoms with Crippen LogP contribution in [0.5, 0.6) is 0 Å². The van der Waals surface area contributed by atoms with Crippen LogP contribution in [0.25, 0.3) is 11.0 Å². The Morgan fingerprint density at radius 2 is 1.88 bits per heavy atom. The topological polar surface area (TPSA) is 99.8 Å². The van der Waals surface area contributed by atoms with Crippen molar-refractivity contribution in [2.24, 2.45) is 0 Å². The van der Waals surface area contributed by atoms with E-state index in [1.54, 1.807) is 36.5 Å². The Balaban J connectivity index is 1.68. The third kappa shape index (κ3) is 3.82. The zero-order valence-electron chi connectivity index (χ0n) is 14.0. The molecule has 2 heterocycles. The van der Waals surface area contributed by atoms with Gasteiger partial charge in [0.05, 0.1) is 17.3 Å². The molecule has 0 fully saturated rings. The van der Waals surface area contributed by atoms with Crippen LogP contribution in [-0.4, -0.2) is 33.0 Å². The first-order valence-corrected chi connectivity index (χ1v) is 8.08. The summed E-state index contributed by atoms with van der Waals surface area (Å²) in [4.78, 5) is 28.5. The molecule has 25 heavy (non-hydrogen) atoms. The number of hydrogen-bond acceptors (Lipinski definition) is 4. The van der Waals surface area contributed by atoms with Crippen LogP contribution in [0.15, 0.2) is 42.7 Å². The third-order valence-corrected chi connectivity index (χ3v) is 3.95. The second-order valence-corrected chi connectivity index (χ2v) is 5.84. The van der Waals surface area contributed by atoms with E-state index in [9.17, 15) is 9.59 Å². The Morgan fingerprint density at radius 1 is 1.12 bits per heavy atom. The van der Waals surface area contributed by atoms with E-state index in [1.165, 1.54) is 6.20 Å². The number of aromatic nitrogens is 3. The average Bonchev–Trinajstić information content (AvgIpc) is 3.09. The summed E-state index contributed by atoms with van der Waals surface area (Å²) in [5.41, 5.74) is 2.99. The third-order valence-electron chi connectivity index (χ3n) is 3.95. The number of pyridine rings is 1. The molecule has 3 N–H and O–H groups in total. The van der Waals surface area contributed by atoms with Gasteiger partial charge in [-0.15, -0.1) is 0 Å². The molecule has 7 heteroatoms. The number of amides is 2. The average molecular weight is 337 g/mol. The molecule has 2 aromatic heterocycles. The van der Waals surface area contributed by atoms with Gasteiger partial charge in [0.25, 0.3) is 11.8 Å². The van der Waals surface area contributed by atoms with Crippen molar-refractivity contribution in [1.29, 1.82) is 0 Å². The molecule has 0 spiro atoms. The molecule has 1 aromatic carbocycles. The van der Waals surface area contributed by atoms with E-state index < -0.39 is 0 Å². The zero-order valence-corrected chi connectivity index (χ0v) is 14.0. The Labute approximate surface area is 144 Å². The molecule has 7 nitrogen and oxygen atoms in total. The van der Waals surface area contributed by atoms with Crippen LogP contribution in [0.3, 0.4) is 0 Å². The van der Waals surface area contributed by atoms with E-state index in [2.05, 4.69) is 25.8 Å². The Hall–Kier alpha value is -3.22. The maximum atomic E-state index is 12.3. The molecule has 1 atom stereocenters. The van der Waals surface area contributed by atoms with Crippen molar-refractivity contribution in [2.45, 2.75) is 26.3 Å². The maximum absolute atomic E-state index is 12.3. The maximum Gasteiger partial charge on any atom is 0.257 e. The molecule has 0 aliphatic carbocycles. The largest absolute Gasteiger partial charge is 0.350 e. The minimum Gasteiger partial charge on any atom is -0.350 e. The molecular weight excluding hydrogens is 318 g/mol. The first-order valence-electron chi connectivity index (χ1n) is 8.08. The summed E-state index contributed by atoms with van der Waals surface area (Å²) in [5.74, 6) is -0.401. The normalized spacial score (nSPS) is 11.9. The van der Waals surface area contributed by atoms with E-state index in [1.807, 2.05) is 13.8 Å². The molecule has 1 unspecified atom stereocenters. The van der Waals surface area contributed by atoms with Gasteiger partial charge in [0.15, 0.2) is 0 Å². The molecule has 2 amide bonds. The van der Waals surface area contributed by atoms with Gasteiger partial charge in [-0.25, -0.2) is 0 Å². The number of nitrogens with one attached hydrogen (secondary N) is 3. The first kappa shape index (κ1) is 16.6. The second kappa shape index (κ2) is 7.12. The lowest BCUT2D eigenvalue weighted by molar-refractivity contribution is 0.0938. The zero-order chi connectivity index (χ0) is 17.8. The smallest absolute Gasteiger partial charge is 0.257 e. The standard InChI is InChI=1S/C18H19N5O2/c1-3-11(2)21-17(24)12-4-6-14(7-5-12)22-18(25)13-8-15-16(19-9-13)10-20-23-15/h4-11H,3H2,1-2H3,(H,20,23)(H,21,24)(H,22,25). The van der Waals surface area contributed by atoms with E-state index in [0.29, 0.717) is 27.8 Å². The Morgan fingerprint density at radius 3 is 2.60 bits per heavy atom. The molecule has 0 saturated carbocycles. The molecule has 128 valence electrons. The van der Waals surface area contributed by atoms with Crippen molar-refractivity contribution in [2.75, 3.05) is 5.32 Å². The number of hydrogen-bond donors (Lipinski definition) is 3. The lowest BCUT2D eigenvalue weighted by Crippen LogP contribution is -2.31. The first-order chi connectivity index (χ1) is 12.1. The Bertz CT molecular complexity index is 901. The van der Waals surface area contributed by atoms with Crippen molar-refractivity contribution >= 4 is 28.5 Å². The van der Waals surface area contributed by atoms with Crippen LogP contribution in [0.4, 0.5) is 5.69 Å². The highest BCUT2D eigenvalue weighted by Crippen LogP contribution is 2.14. The van der Waals surface area contributed by atoms with Crippen LogP contribution in [-0.2, 0) is 0 Å². The number of aromatic amines is 1. The van der Waals surface area contributed by atoms with Gasteiger partial charge in [0.1, 0.15) is 5.52 Å². The molecular formula is C18H19N5O2. The second-order valence-electron chi connectivity index (χ2n) is 5.84. The summed E-state index contributed by atoms with van der Waals surface area (Å²) in [7, 11) is 0. The van der Waals surface area contributed by atoms with E-state index in [-0.39, 0.29) is 17.9 Å².